The Kier molecular flexibility index (Phi) is 5.79. The average Bonchev–Trinajstić information content (AvgIpc) is 3.16. The number of rotatable bonds is 6. The van der Waals surface area contributed by atoms with E-state index in [1.807, 2.05) is 48.1 Å². The van der Waals surface area contributed by atoms with Crippen LogP contribution in [-0.4, -0.2) is 26.7 Å². The predicted molar refractivity (Wildman–Crippen MR) is 116 cm³/mol. The number of fused-ring (bicyclic) bond motifs is 1. The molecule has 152 valence electrons. The van der Waals surface area contributed by atoms with E-state index in [4.69, 9.17) is 4.98 Å². The zero-order valence-electron chi connectivity index (χ0n) is 17.2. The van der Waals surface area contributed by atoms with Gasteiger partial charge < -0.3 is 10.6 Å². The van der Waals surface area contributed by atoms with E-state index >= 15 is 0 Å². The highest BCUT2D eigenvalue weighted by atomic mass is 16.1. The third kappa shape index (κ3) is 4.11. The van der Waals surface area contributed by atoms with Crippen LogP contribution in [0.5, 0.6) is 0 Å². The van der Waals surface area contributed by atoms with Gasteiger partial charge in [0, 0.05) is 19.1 Å². The van der Waals surface area contributed by atoms with Gasteiger partial charge >= 0.3 is 0 Å². The number of pyridine rings is 1. The molecule has 0 bridgehead atoms. The quantitative estimate of drug-likeness (QED) is 0.652. The molecule has 1 saturated carbocycles. The first-order valence-electron chi connectivity index (χ1n) is 10.6. The van der Waals surface area contributed by atoms with Crippen LogP contribution in [0.25, 0.3) is 11.0 Å². The van der Waals surface area contributed by atoms with Gasteiger partial charge in [-0.1, -0.05) is 49.6 Å². The summed E-state index contributed by atoms with van der Waals surface area (Å²) in [7, 11) is 0. The number of nitrogens with one attached hydrogen (secondary N) is 2. The highest BCUT2D eigenvalue weighted by Gasteiger charge is 2.24. The normalized spacial score (nSPS) is 14.8. The summed E-state index contributed by atoms with van der Waals surface area (Å²) < 4.78 is 1.89. The van der Waals surface area contributed by atoms with Gasteiger partial charge in [0.1, 0.15) is 0 Å². The summed E-state index contributed by atoms with van der Waals surface area (Å²) >= 11 is 0. The zero-order valence-corrected chi connectivity index (χ0v) is 17.2. The van der Waals surface area contributed by atoms with Crippen LogP contribution in [0.4, 0.5) is 5.69 Å². The Hall–Kier alpha value is -2.89. The molecule has 1 amide bonds. The Morgan fingerprint density at radius 2 is 1.93 bits per heavy atom. The van der Waals surface area contributed by atoms with Crippen LogP contribution in [0.15, 0.2) is 36.5 Å². The summed E-state index contributed by atoms with van der Waals surface area (Å²) in [4.78, 5) is 17.9. The molecule has 1 aliphatic carbocycles. The number of amides is 1. The van der Waals surface area contributed by atoms with E-state index in [-0.39, 0.29) is 5.91 Å². The molecule has 0 saturated heterocycles. The first-order chi connectivity index (χ1) is 14.2. The zero-order chi connectivity index (χ0) is 20.2. The molecule has 1 fully saturated rings. The van der Waals surface area contributed by atoms with Crippen LogP contribution in [0.2, 0.25) is 0 Å². The first-order valence-corrected chi connectivity index (χ1v) is 10.6. The van der Waals surface area contributed by atoms with Crippen molar-refractivity contribution in [1.82, 2.24) is 20.1 Å². The molecule has 3 aromatic rings. The van der Waals surface area contributed by atoms with Crippen LogP contribution in [0, 0.1) is 6.92 Å². The minimum absolute atomic E-state index is 0.0942. The van der Waals surface area contributed by atoms with Gasteiger partial charge in [0.2, 0.25) is 0 Å². The highest BCUT2D eigenvalue weighted by molar-refractivity contribution is 6.07. The van der Waals surface area contributed by atoms with Gasteiger partial charge in [-0.25, -0.2) is 9.67 Å². The van der Waals surface area contributed by atoms with E-state index < -0.39 is 0 Å². The molecule has 1 aliphatic rings. The van der Waals surface area contributed by atoms with Crippen LogP contribution in [-0.2, 0) is 13.1 Å². The fourth-order valence-electron chi connectivity index (χ4n) is 4.18. The third-order valence-electron chi connectivity index (χ3n) is 5.74. The second kappa shape index (κ2) is 8.64. The van der Waals surface area contributed by atoms with Gasteiger partial charge in [0.05, 0.1) is 28.5 Å². The molecule has 2 heterocycles. The topological polar surface area (TPSA) is 71.8 Å². The SMILES string of the molecule is CCn1ncc2c(NC3CCCCC3)c(C(=O)NCc3ccccc3)c(C)nc21. The van der Waals surface area contributed by atoms with Crippen molar-refractivity contribution >= 4 is 22.6 Å². The molecule has 29 heavy (non-hydrogen) atoms. The Bertz CT molecular complexity index is 989. The molecular weight excluding hydrogens is 362 g/mol. The minimum atomic E-state index is -0.0942. The Balaban J connectivity index is 1.69. The summed E-state index contributed by atoms with van der Waals surface area (Å²) in [5.41, 5.74) is 4.16. The number of aromatic nitrogens is 3. The summed E-state index contributed by atoms with van der Waals surface area (Å²) in [5, 5.41) is 12.2. The summed E-state index contributed by atoms with van der Waals surface area (Å²) in [6, 6.07) is 10.4. The molecule has 2 aromatic heterocycles. The number of hydrogen-bond acceptors (Lipinski definition) is 4. The number of nitrogens with zero attached hydrogens (tertiary/aromatic N) is 3. The van der Waals surface area contributed by atoms with Gasteiger partial charge in [-0.15, -0.1) is 0 Å². The van der Waals surface area contributed by atoms with Crippen molar-refractivity contribution < 1.29 is 4.79 Å². The van der Waals surface area contributed by atoms with Gasteiger partial charge in [-0.2, -0.15) is 5.10 Å². The number of carbonyl (C=O) groups is 1. The molecule has 6 heteroatoms. The van der Waals surface area contributed by atoms with Crippen molar-refractivity contribution in [3.8, 4) is 0 Å². The van der Waals surface area contributed by atoms with Crippen LogP contribution in [0.3, 0.4) is 0 Å². The molecular formula is C23H29N5O. The molecule has 4 rings (SSSR count). The second-order valence-electron chi connectivity index (χ2n) is 7.79. The van der Waals surface area contributed by atoms with Gasteiger partial charge in [-0.05, 0) is 32.3 Å². The molecule has 0 radical (unpaired) electrons. The second-order valence-corrected chi connectivity index (χ2v) is 7.79. The van der Waals surface area contributed by atoms with Crippen molar-refractivity contribution in [3.63, 3.8) is 0 Å². The van der Waals surface area contributed by atoms with Gasteiger partial charge in [0.25, 0.3) is 5.91 Å². The fourth-order valence-corrected chi connectivity index (χ4v) is 4.18. The van der Waals surface area contributed by atoms with Crippen LogP contribution < -0.4 is 10.6 Å². The molecule has 0 atom stereocenters. The van der Waals surface area contributed by atoms with Crippen LogP contribution in [0.1, 0.15) is 60.6 Å². The summed E-state index contributed by atoms with van der Waals surface area (Å²) in [6.45, 7) is 5.21. The lowest BCUT2D eigenvalue weighted by Gasteiger charge is -2.26. The van der Waals surface area contributed by atoms with Gasteiger partial charge in [-0.3, -0.25) is 4.79 Å². The van der Waals surface area contributed by atoms with Crippen molar-refractivity contribution in [2.45, 2.75) is 65.1 Å². The number of aryl methyl sites for hydroxylation is 2. The molecule has 0 spiro atoms. The minimum Gasteiger partial charge on any atom is -0.381 e. The smallest absolute Gasteiger partial charge is 0.255 e. The van der Waals surface area contributed by atoms with E-state index in [0.717, 1.165) is 47.4 Å². The van der Waals surface area contributed by atoms with Crippen molar-refractivity contribution in [2.75, 3.05) is 5.32 Å². The van der Waals surface area contributed by atoms with Crippen molar-refractivity contribution in [1.29, 1.82) is 0 Å². The first kappa shape index (κ1) is 19.4. The lowest BCUT2D eigenvalue weighted by molar-refractivity contribution is 0.0951. The van der Waals surface area contributed by atoms with E-state index in [1.165, 1.54) is 19.3 Å². The van der Waals surface area contributed by atoms with E-state index in [9.17, 15) is 4.79 Å². The summed E-state index contributed by atoms with van der Waals surface area (Å²) in [6.07, 6.45) is 7.86. The predicted octanol–water partition coefficient (Wildman–Crippen LogP) is 4.43. The Morgan fingerprint density at radius 1 is 1.17 bits per heavy atom. The molecule has 0 unspecified atom stereocenters. The van der Waals surface area contributed by atoms with Crippen molar-refractivity contribution in [3.05, 3.63) is 53.3 Å². The maximum atomic E-state index is 13.2. The highest BCUT2D eigenvalue weighted by Crippen LogP contribution is 2.31. The monoisotopic (exact) mass is 391 g/mol. The Morgan fingerprint density at radius 3 is 2.66 bits per heavy atom. The molecule has 0 aliphatic heterocycles. The van der Waals surface area contributed by atoms with Crippen LogP contribution >= 0.6 is 0 Å². The van der Waals surface area contributed by atoms with E-state index in [1.54, 1.807) is 0 Å². The standard InChI is InChI=1S/C23H29N5O/c1-3-28-22-19(15-25-28)21(27-18-12-8-5-9-13-18)20(16(2)26-22)23(29)24-14-17-10-6-4-7-11-17/h4,6-7,10-11,15,18H,3,5,8-9,12-14H2,1-2H3,(H,24,29)(H,26,27). The molecule has 6 nitrogen and oxygen atoms in total. The van der Waals surface area contributed by atoms with E-state index in [2.05, 4.69) is 22.7 Å². The fraction of sp³-hybridized carbons (Fsp3) is 0.435. The lowest BCUT2D eigenvalue weighted by atomic mass is 9.94. The lowest BCUT2D eigenvalue weighted by Crippen LogP contribution is -2.28. The average molecular weight is 392 g/mol. The maximum absolute atomic E-state index is 13.2. The van der Waals surface area contributed by atoms with E-state index in [0.29, 0.717) is 18.2 Å². The third-order valence-corrected chi connectivity index (χ3v) is 5.74. The molecule has 1 aromatic carbocycles. The summed E-state index contributed by atoms with van der Waals surface area (Å²) in [5.74, 6) is -0.0942. The maximum Gasteiger partial charge on any atom is 0.255 e. The number of hydrogen-bond donors (Lipinski definition) is 2. The largest absolute Gasteiger partial charge is 0.381 e. The van der Waals surface area contributed by atoms with Gasteiger partial charge in [0.15, 0.2) is 5.65 Å². The number of carbonyl (C=O) groups excluding carboxylic acids is 1. The number of anilines is 1. The number of benzene rings is 1. The Labute approximate surface area is 171 Å². The van der Waals surface area contributed by atoms with Crippen molar-refractivity contribution in [2.24, 2.45) is 0 Å². The molecule has 2 N–H and O–H groups in total.